The number of nitrogens with one attached hydrogen (secondary N) is 1. The van der Waals surface area contributed by atoms with Crippen molar-refractivity contribution in [2.24, 2.45) is 11.3 Å². The summed E-state index contributed by atoms with van der Waals surface area (Å²) in [6.07, 6.45) is 1.75. The summed E-state index contributed by atoms with van der Waals surface area (Å²) in [5.74, 6) is 0.581. The molecule has 0 bridgehead atoms. The number of hydrogen-bond donors (Lipinski definition) is 1. The lowest BCUT2D eigenvalue weighted by Gasteiger charge is -2.44. The van der Waals surface area contributed by atoms with Crippen molar-refractivity contribution in [3.8, 4) is 0 Å². The van der Waals surface area contributed by atoms with E-state index in [4.69, 9.17) is 0 Å². The molecule has 17 heavy (non-hydrogen) atoms. The number of hydrogen-bond acceptors (Lipinski definition) is 1. The van der Waals surface area contributed by atoms with Gasteiger partial charge in [0, 0.05) is 0 Å². The molecule has 0 heterocycles. The van der Waals surface area contributed by atoms with Gasteiger partial charge < -0.3 is 5.32 Å². The minimum absolute atomic E-state index is 0.249. The summed E-state index contributed by atoms with van der Waals surface area (Å²) < 4.78 is 26.5. The Hall–Kier alpha value is -0.180. The predicted molar refractivity (Wildman–Crippen MR) is 68.4 cm³/mol. The normalized spacial score (nSPS) is 30.9. The molecule has 1 N–H and O–H groups in total. The molecule has 0 radical (unpaired) electrons. The smallest absolute Gasteiger partial charge is 0.256 e. The molecule has 0 aliphatic heterocycles. The van der Waals surface area contributed by atoms with Crippen molar-refractivity contribution >= 4 is 0 Å². The third kappa shape index (κ3) is 3.64. The lowest BCUT2D eigenvalue weighted by molar-refractivity contribution is -0.0141. The van der Waals surface area contributed by atoms with E-state index in [0.29, 0.717) is 25.3 Å². The molecule has 1 rings (SSSR count). The highest BCUT2D eigenvalue weighted by Crippen LogP contribution is 2.43. The van der Waals surface area contributed by atoms with Gasteiger partial charge in [0.15, 0.2) is 0 Å². The van der Waals surface area contributed by atoms with Gasteiger partial charge in [-0.2, -0.15) is 0 Å². The van der Waals surface area contributed by atoms with Crippen molar-refractivity contribution in [2.45, 2.75) is 71.8 Å². The average Bonchev–Trinajstić information content (AvgIpc) is 2.25. The van der Waals surface area contributed by atoms with Gasteiger partial charge in [0.1, 0.15) is 0 Å². The molecule has 102 valence electrons. The number of rotatable bonds is 4. The number of alkyl halides is 2. The Balaban J connectivity index is 2.61. The van der Waals surface area contributed by atoms with Crippen molar-refractivity contribution in [2.75, 3.05) is 6.54 Å². The molecule has 0 unspecified atom stereocenters. The average molecular weight is 247 g/mol. The van der Waals surface area contributed by atoms with E-state index in [2.05, 4.69) is 26.1 Å². The fourth-order valence-corrected chi connectivity index (χ4v) is 2.85. The van der Waals surface area contributed by atoms with Crippen LogP contribution in [0.5, 0.6) is 0 Å². The highest BCUT2D eigenvalue weighted by Gasteiger charge is 2.44. The summed E-state index contributed by atoms with van der Waals surface area (Å²) in [7, 11) is 0. The third-order valence-corrected chi connectivity index (χ3v) is 4.25. The van der Waals surface area contributed by atoms with E-state index in [1.165, 1.54) is 0 Å². The Bertz CT molecular complexity index is 225. The van der Waals surface area contributed by atoms with E-state index in [0.717, 1.165) is 19.3 Å². The lowest BCUT2D eigenvalue weighted by atomic mass is 9.67. The largest absolute Gasteiger partial charge is 0.306 e. The first-order valence-electron chi connectivity index (χ1n) is 6.85. The molecule has 1 saturated carbocycles. The highest BCUT2D eigenvalue weighted by atomic mass is 19.3. The Kier molecular flexibility index (Phi) is 4.94. The molecular formula is C14H27F2N. The summed E-state index contributed by atoms with van der Waals surface area (Å²) >= 11 is 0. The quantitative estimate of drug-likeness (QED) is 0.784. The third-order valence-electron chi connectivity index (χ3n) is 4.25. The Morgan fingerprint density at radius 3 is 2.12 bits per heavy atom. The second-order valence-electron chi connectivity index (χ2n) is 6.52. The van der Waals surface area contributed by atoms with Crippen LogP contribution in [0.3, 0.4) is 0 Å². The van der Waals surface area contributed by atoms with Crippen LogP contribution < -0.4 is 5.32 Å². The zero-order valence-electron chi connectivity index (χ0n) is 11.7. The van der Waals surface area contributed by atoms with Gasteiger partial charge in [-0.1, -0.05) is 27.7 Å². The van der Waals surface area contributed by atoms with Crippen LogP contribution >= 0.6 is 0 Å². The first kappa shape index (κ1) is 14.9. The van der Waals surface area contributed by atoms with Crippen LogP contribution in [0, 0.1) is 11.3 Å². The molecule has 1 aliphatic carbocycles. The van der Waals surface area contributed by atoms with Crippen LogP contribution in [0.4, 0.5) is 8.78 Å². The van der Waals surface area contributed by atoms with E-state index in [1.807, 2.05) is 6.92 Å². The molecule has 1 aliphatic rings. The predicted octanol–water partition coefficient (Wildman–Crippen LogP) is 4.23. The molecule has 0 aromatic rings. The number of halogens is 2. The molecule has 0 saturated heterocycles. The van der Waals surface area contributed by atoms with E-state index in [1.54, 1.807) is 0 Å². The topological polar surface area (TPSA) is 12.0 Å². The molecule has 0 spiro atoms. The van der Waals surface area contributed by atoms with Gasteiger partial charge in [-0.25, -0.2) is 8.78 Å². The van der Waals surface area contributed by atoms with Crippen molar-refractivity contribution in [1.29, 1.82) is 0 Å². The van der Waals surface area contributed by atoms with Gasteiger partial charge in [0.05, 0.1) is 5.54 Å². The van der Waals surface area contributed by atoms with Gasteiger partial charge in [-0.15, -0.1) is 0 Å². The second kappa shape index (κ2) is 5.64. The zero-order valence-corrected chi connectivity index (χ0v) is 11.7. The molecule has 0 aromatic heterocycles. The van der Waals surface area contributed by atoms with Crippen LogP contribution in [0.2, 0.25) is 0 Å². The van der Waals surface area contributed by atoms with Gasteiger partial charge in [0.2, 0.25) is 0 Å². The van der Waals surface area contributed by atoms with Crippen molar-refractivity contribution in [1.82, 2.24) is 5.32 Å². The summed E-state index contributed by atoms with van der Waals surface area (Å²) in [5.41, 5.74) is -0.656. The van der Waals surface area contributed by atoms with Crippen LogP contribution in [0.15, 0.2) is 0 Å². The van der Waals surface area contributed by atoms with Gasteiger partial charge in [-0.3, -0.25) is 0 Å². The van der Waals surface area contributed by atoms with Gasteiger partial charge >= 0.3 is 0 Å². The maximum atomic E-state index is 13.3. The van der Waals surface area contributed by atoms with Crippen molar-refractivity contribution in [3.63, 3.8) is 0 Å². The lowest BCUT2D eigenvalue weighted by Crippen LogP contribution is -2.54. The zero-order chi connectivity index (χ0) is 13.1. The highest BCUT2D eigenvalue weighted by molar-refractivity contribution is 4.96. The van der Waals surface area contributed by atoms with Crippen LogP contribution in [0.25, 0.3) is 0 Å². The first-order chi connectivity index (χ1) is 7.82. The second-order valence-corrected chi connectivity index (χ2v) is 6.52. The first-order valence-corrected chi connectivity index (χ1v) is 6.85. The van der Waals surface area contributed by atoms with E-state index < -0.39 is 12.0 Å². The molecule has 1 nitrogen and oxygen atoms in total. The minimum Gasteiger partial charge on any atom is -0.306 e. The summed E-state index contributed by atoms with van der Waals surface area (Å²) in [4.78, 5) is 0. The standard InChI is InChI=1S/C14H27F2N/c1-5-10-17-14(12(15)16)8-6-11(7-9-14)13(2,3)4/h11-12,17H,5-10H2,1-4H3. The summed E-state index contributed by atoms with van der Waals surface area (Å²) in [6, 6.07) is 0. The van der Waals surface area contributed by atoms with Crippen LogP contribution in [-0.2, 0) is 0 Å². The summed E-state index contributed by atoms with van der Waals surface area (Å²) in [6.45, 7) is 9.36. The van der Waals surface area contributed by atoms with E-state index in [-0.39, 0.29) is 5.41 Å². The Morgan fingerprint density at radius 2 is 1.76 bits per heavy atom. The summed E-state index contributed by atoms with van der Waals surface area (Å²) in [5, 5.41) is 3.11. The van der Waals surface area contributed by atoms with E-state index >= 15 is 0 Å². The maximum Gasteiger partial charge on any atom is 0.256 e. The van der Waals surface area contributed by atoms with Crippen molar-refractivity contribution in [3.05, 3.63) is 0 Å². The molecular weight excluding hydrogens is 220 g/mol. The molecule has 0 atom stereocenters. The van der Waals surface area contributed by atoms with Gasteiger partial charge in [0.25, 0.3) is 6.43 Å². The molecule has 0 amide bonds. The monoisotopic (exact) mass is 247 g/mol. The van der Waals surface area contributed by atoms with Gasteiger partial charge in [-0.05, 0) is 50.0 Å². The molecule has 1 fully saturated rings. The van der Waals surface area contributed by atoms with E-state index in [9.17, 15) is 8.78 Å². The molecule has 0 aromatic carbocycles. The fourth-order valence-electron chi connectivity index (χ4n) is 2.85. The molecule has 3 heteroatoms. The van der Waals surface area contributed by atoms with Crippen molar-refractivity contribution < 1.29 is 8.78 Å². The fraction of sp³-hybridized carbons (Fsp3) is 1.00. The maximum absolute atomic E-state index is 13.3. The minimum atomic E-state index is -2.24. The van der Waals surface area contributed by atoms with Crippen LogP contribution in [-0.4, -0.2) is 18.5 Å². The Labute approximate surface area is 104 Å². The SMILES string of the molecule is CCCNC1(C(F)F)CCC(C(C)(C)C)CC1. The Morgan fingerprint density at radius 1 is 1.24 bits per heavy atom. The van der Waals surface area contributed by atoms with Crippen LogP contribution in [0.1, 0.15) is 59.8 Å².